The molecule has 2 aliphatic heterocycles. The van der Waals surface area contributed by atoms with Crippen LogP contribution in [-0.4, -0.2) is 46.8 Å². The maximum Gasteiger partial charge on any atom is 0.169 e. The molecule has 2 saturated heterocycles. The first-order chi connectivity index (χ1) is 14.6. The first-order valence-electron chi connectivity index (χ1n) is 10.1. The topological polar surface area (TPSA) is 95.6 Å². The summed E-state index contributed by atoms with van der Waals surface area (Å²) in [7, 11) is 0. The number of fused-ring (bicyclic) bond motifs is 2. The fraction of sp³-hybridized carbons (Fsp3) is 0.261. The van der Waals surface area contributed by atoms with Crippen LogP contribution in [0.4, 0.5) is 17.2 Å². The number of phenolic OH excluding ortho intramolecular Hbond substituents is 1. The number of benzene rings is 2. The Morgan fingerprint density at radius 3 is 2.50 bits per heavy atom. The third kappa shape index (κ3) is 3.12. The van der Waals surface area contributed by atoms with E-state index in [-0.39, 0.29) is 5.75 Å². The number of anilines is 3. The molecular weight excluding hydrogens is 378 g/mol. The minimum atomic E-state index is 0.169. The van der Waals surface area contributed by atoms with Crippen LogP contribution in [0.3, 0.4) is 0 Å². The predicted octanol–water partition coefficient (Wildman–Crippen LogP) is 3.10. The molecule has 0 aliphatic carbocycles. The van der Waals surface area contributed by atoms with Gasteiger partial charge in [0.15, 0.2) is 5.82 Å². The molecule has 2 fully saturated rings. The van der Waals surface area contributed by atoms with Crippen LogP contribution >= 0.6 is 0 Å². The van der Waals surface area contributed by atoms with Crippen LogP contribution in [0.2, 0.25) is 0 Å². The Hall–Kier alpha value is -3.61. The molecule has 152 valence electrons. The second-order valence-corrected chi connectivity index (χ2v) is 7.93. The van der Waals surface area contributed by atoms with E-state index in [1.165, 1.54) is 0 Å². The summed E-state index contributed by atoms with van der Waals surface area (Å²) in [6, 6.07) is 17.5. The van der Waals surface area contributed by atoms with Crippen molar-refractivity contribution in [2.24, 2.45) is 0 Å². The molecule has 3 heterocycles. The molecule has 3 aromatic rings. The molecule has 0 unspecified atom stereocenters. The number of carbonyl (C=O) groups excluding carboxylic acids is 1. The van der Waals surface area contributed by atoms with Gasteiger partial charge in [0.25, 0.3) is 0 Å². The summed E-state index contributed by atoms with van der Waals surface area (Å²) in [4.78, 5) is 15.9. The Labute approximate surface area is 174 Å². The van der Waals surface area contributed by atoms with Crippen LogP contribution in [0.1, 0.15) is 23.2 Å². The highest BCUT2D eigenvalue weighted by Gasteiger charge is 2.40. The van der Waals surface area contributed by atoms with Crippen LogP contribution in [0, 0.1) is 0 Å². The summed E-state index contributed by atoms with van der Waals surface area (Å²) >= 11 is 0. The average Bonchev–Trinajstić information content (AvgIpc) is 3.04. The van der Waals surface area contributed by atoms with Gasteiger partial charge in [0.05, 0.1) is 11.4 Å². The molecule has 0 saturated carbocycles. The third-order valence-corrected chi connectivity index (χ3v) is 6.11. The van der Waals surface area contributed by atoms with Crippen LogP contribution in [0.5, 0.6) is 5.75 Å². The van der Waals surface area contributed by atoms with Gasteiger partial charge in [-0.15, -0.1) is 10.2 Å². The van der Waals surface area contributed by atoms with Gasteiger partial charge in [-0.1, -0.05) is 24.3 Å². The van der Waals surface area contributed by atoms with Crippen molar-refractivity contribution in [3.05, 3.63) is 60.2 Å². The van der Waals surface area contributed by atoms with E-state index < -0.39 is 0 Å². The second kappa shape index (κ2) is 7.33. The van der Waals surface area contributed by atoms with Crippen LogP contribution in [0.25, 0.3) is 11.3 Å². The Bertz CT molecular complexity index is 1090. The first-order valence-corrected chi connectivity index (χ1v) is 10.1. The Morgan fingerprint density at radius 1 is 1.00 bits per heavy atom. The van der Waals surface area contributed by atoms with Crippen molar-refractivity contribution in [2.75, 3.05) is 28.6 Å². The highest BCUT2D eigenvalue weighted by Crippen LogP contribution is 2.39. The number of para-hydroxylation sites is 1. The number of nitrogens with zero attached hydrogens (tertiary/aromatic N) is 4. The zero-order chi connectivity index (χ0) is 20.7. The van der Waals surface area contributed by atoms with Gasteiger partial charge >= 0.3 is 0 Å². The van der Waals surface area contributed by atoms with Gasteiger partial charge in [-0.2, -0.15) is 0 Å². The molecule has 30 heavy (non-hydrogen) atoms. The first kappa shape index (κ1) is 18.4. The molecule has 7 nitrogen and oxygen atoms in total. The van der Waals surface area contributed by atoms with E-state index in [1.807, 2.05) is 36.4 Å². The van der Waals surface area contributed by atoms with E-state index in [9.17, 15) is 9.90 Å². The smallest absolute Gasteiger partial charge is 0.169 e. The lowest BCUT2D eigenvalue weighted by Gasteiger charge is -2.43. The van der Waals surface area contributed by atoms with Gasteiger partial charge in [-0.05, 0) is 43.2 Å². The number of nitrogens with two attached hydrogens (primary N) is 1. The van der Waals surface area contributed by atoms with Gasteiger partial charge in [0.1, 0.15) is 12.0 Å². The summed E-state index contributed by atoms with van der Waals surface area (Å²) in [6.07, 6.45) is 3.08. The van der Waals surface area contributed by atoms with Gasteiger partial charge in [-0.25, -0.2) is 0 Å². The minimum Gasteiger partial charge on any atom is -0.507 e. The summed E-state index contributed by atoms with van der Waals surface area (Å²) in [6.45, 7) is 1.63. The van der Waals surface area contributed by atoms with Crippen molar-refractivity contribution < 1.29 is 9.90 Å². The monoisotopic (exact) mass is 401 g/mol. The number of nitrogen functional groups attached to an aromatic ring is 1. The standard InChI is InChI=1S/C23H23N5O2/c24-23-21(11-20(25-26-23)19-6-1-2-7-22(19)30)27-12-17-8-9-18(13-27)28(17)16-5-3-4-15(10-16)14-29/h1-7,10-11,14,17-18,30H,8-9,12-13H2,(H2,24,26)/t17-,18+. The van der Waals surface area contributed by atoms with Crippen molar-refractivity contribution in [2.45, 2.75) is 24.9 Å². The Balaban J connectivity index is 1.44. The second-order valence-electron chi connectivity index (χ2n) is 7.93. The molecule has 7 heteroatoms. The van der Waals surface area contributed by atoms with Crippen LogP contribution in [0.15, 0.2) is 54.6 Å². The highest BCUT2D eigenvalue weighted by molar-refractivity contribution is 5.78. The van der Waals surface area contributed by atoms with Crippen molar-refractivity contribution in [1.29, 1.82) is 0 Å². The van der Waals surface area contributed by atoms with Crippen LogP contribution in [-0.2, 0) is 0 Å². The molecule has 0 radical (unpaired) electrons. The maximum absolute atomic E-state index is 11.2. The lowest BCUT2D eigenvalue weighted by atomic mass is 10.1. The highest BCUT2D eigenvalue weighted by atomic mass is 16.3. The number of carbonyl (C=O) groups is 1. The number of aromatic hydroxyl groups is 1. The zero-order valence-corrected chi connectivity index (χ0v) is 16.5. The predicted molar refractivity (Wildman–Crippen MR) is 117 cm³/mol. The number of rotatable bonds is 4. The molecule has 2 aromatic carbocycles. The molecule has 3 N–H and O–H groups in total. The number of aldehydes is 1. The summed E-state index contributed by atoms with van der Waals surface area (Å²) in [5.41, 5.74) is 10.1. The van der Waals surface area contributed by atoms with E-state index in [4.69, 9.17) is 5.73 Å². The van der Waals surface area contributed by atoms with E-state index in [0.717, 1.165) is 43.6 Å². The lowest BCUT2D eigenvalue weighted by Crippen LogP contribution is -2.54. The maximum atomic E-state index is 11.2. The molecule has 2 aliphatic rings. The Morgan fingerprint density at radius 2 is 1.77 bits per heavy atom. The Kier molecular flexibility index (Phi) is 4.50. The molecule has 1 aromatic heterocycles. The third-order valence-electron chi connectivity index (χ3n) is 6.11. The number of phenols is 1. The van der Waals surface area contributed by atoms with Crippen molar-refractivity contribution in [1.82, 2.24) is 10.2 Å². The normalized spacial score (nSPS) is 20.4. The van der Waals surface area contributed by atoms with Gasteiger partial charge in [0.2, 0.25) is 0 Å². The molecule has 0 amide bonds. The summed E-state index contributed by atoms with van der Waals surface area (Å²) in [5, 5.41) is 18.5. The number of hydrogen-bond donors (Lipinski definition) is 2. The largest absolute Gasteiger partial charge is 0.507 e. The fourth-order valence-corrected chi connectivity index (χ4v) is 4.75. The summed E-state index contributed by atoms with van der Waals surface area (Å²) < 4.78 is 0. The van der Waals surface area contributed by atoms with E-state index in [0.29, 0.717) is 34.7 Å². The minimum absolute atomic E-state index is 0.169. The molecule has 2 atom stereocenters. The number of aromatic nitrogens is 2. The van der Waals surface area contributed by atoms with E-state index in [1.54, 1.807) is 12.1 Å². The number of piperazine rings is 1. The SMILES string of the molecule is Nc1nnc(-c2ccccc2O)cc1N1C[C@H]2CC[C@@H](C1)N2c1cccc(C=O)c1. The molecular formula is C23H23N5O2. The van der Waals surface area contributed by atoms with E-state index >= 15 is 0 Å². The fourth-order valence-electron chi connectivity index (χ4n) is 4.75. The quantitative estimate of drug-likeness (QED) is 0.649. The summed E-state index contributed by atoms with van der Waals surface area (Å²) in [5.74, 6) is 0.562. The molecule has 2 bridgehead atoms. The van der Waals surface area contributed by atoms with Gasteiger partial charge in [-0.3, -0.25) is 4.79 Å². The zero-order valence-electron chi connectivity index (χ0n) is 16.5. The van der Waals surface area contributed by atoms with Gasteiger partial charge in [0, 0.05) is 42.0 Å². The van der Waals surface area contributed by atoms with Crippen molar-refractivity contribution in [3.8, 4) is 17.0 Å². The number of hydrogen-bond acceptors (Lipinski definition) is 7. The van der Waals surface area contributed by atoms with Crippen LogP contribution < -0.4 is 15.5 Å². The average molecular weight is 401 g/mol. The van der Waals surface area contributed by atoms with Gasteiger partial charge < -0.3 is 20.6 Å². The van der Waals surface area contributed by atoms with Crippen molar-refractivity contribution in [3.63, 3.8) is 0 Å². The van der Waals surface area contributed by atoms with E-state index in [2.05, 4.69) is 26.1 Å². The molecule has 5 rings (SSSR count). The van der Waals surface area contributed by atoms with Crippen molar-refractivity contribution >= 4 is 23.5 Å². The molecule has 0 spiro atoms. The lowest BCUT2D eigenvalue weighted by molar-refractivity contribution is 0.112.